The third-order valence-corrected chi connectivity index (χ3v) is 7.56. The number of thioether (sulfide) groups is 1. The maximum Gasteiger partial charge on any atom is 0.242 e. The molecule has 0 radical (unpaired) electrons. The molecule has 0 aliphatic carbocycles. The molecule has 0 unspecified atom stereocenters. The van der Waals surface area contributed by atoms with Crippen LogP contribution in [0.4, 0.5) is 11.4 Å². The molecule has 1 N–H and O–H groups in total. The average molecular weight is 505 g/mol. The van der Waals surface area contributed by atoms with E-state index in [-0.39, 0.29) is 18.2 Å². The summed E-state index contributed by atoms with van der Waals surface area (Å²) in [6, 6.07) is 21.4. The molecular formula is C27H25ClN4O2S. The van der Waals surface area contributed by atoms with Gasteiger partial charge in [-0.3, -0.25) is 14.5 Å². The number of anilines is 1. The fourth-order valence-corrected chi connectivity index (χ4v) is 5.84. The molecule has 8 heteroatoms. The number of amidine groups is 1. The fraction of sp³-hybridized carbons (Fsp3) is 0.222. The largest absolute Gasteiger partial charge is 0.341 e. The van der Waals surface area contributed by atoms with E-state index in [0.29, 0.717) is 22.4 Å². The number of halogens is 1. The van der Waals surface area contributed by atoms with E-state index in [4.69, 9.17) is 16.6 Å². The minimum absolute atomic E-state index is 0.0741. The first kappa shape index (κ1) is 23.5. The molecule has 5 rings (SSSR count). The van der Waals surface area contributed by atoms with Gasteiger partial charge in [-0.15, -0.1) is 0 Å². The second kappa shape index (κ2) is 9.76. The average Bonchev–Trinajstić information content (AvgIpc) is 3.33. The molecule has 2 heterocycles. The number of nitrogens with one attached hydrogen (secondary N) is 1. The van der Waals surface area contributed by atoms with Gasteiger partial charge in [0.05, 0.1) is 5.69 Å². The van der Waals surface area contributed by atoms with Crippen LogP contribution in [-0.4, -0.2) is 38.2 Å². The van der Waals surface area contributed by atoms with Crippen molar-refractivity contribution in [1.29, 1.82) is 0 Å². The van der Waals surface area contributed by atoms with E-state index < -0.39 is 5.25 Å². The van der Waals surface area contributed by atoms with Crippen molar-refractivity contribution in [3.05, 3.63) is 71.8 Å². The summed E-state index contributed by atoms with van der Waals surface area (Å²) in [4.78, 5) is 32.1. The third kappa shape index (κ3) is 4.54. The van der Waals surface area contributed by atoms with Crippen LogP contribution in [0.5, 0.6) is 0 Å². The van der Waals surface area contributed by atoms with Gasteiger partial charge in [-0.2, -0.15) is 0 Å². The van der Waals surface area contributed by atoms with Gasteiger partial charge in [0.25, 0.3) is 0 Å². The Labute approximate surface area is 213 Å². The highest BCUT2D eigenvalue weighted by atomic mass is 35.5. The zero-order chi connectivity index (χ0) is 24.5. The molecule has 178 valence electrons. The molecule has 0 spiro atoms. The number of aliphatic imine (C=N–C) groups is 1. The lowest BCUT2D eigenvalue weighted by Gasteiger charge is -2.13. The Morgan fingerprint density at radius 1 is 1.00 bits per heavy atom. The number of nitrogens with zero attached hydrogens (tertiary/aromatic N) is 3. The lowest BCUT2D eigenvalue weighted by Crippen LogP contribution is -2.33. The number of hydrogen-bond donors (Lipinski definition) is 1. The van der Waals surface area contributed by atoms with Crippen LogP contribution in [0.25, 0.3) is 21.8 Å². The molecule has 0 bridgehead atoms. The summed E-state index contributed by atoms with van der Waals surface area (Å²) in [5.41, 5.74) is 3.80. The standard InChI is InChI=1S/C27H25ClN4O2S/c1-3-31-22-8-6-5-7-20(22)21-15-19(13-14-23(21)31)30-27-32(4-2)26(34)24(35-27)16-25(33)29-18-11-9-17(28)10-12-18/h5-15,24H,3-4,16H2,1-2H3,(H,29,33)/t24-/m0/s1. The summed E-state index contributed by atoms with van der Waals surface area (Å²) >= 11 is 7.25. The summed E-state index contributed by atoms with van der Waals surface area (Å²) in [6.45, 7) is 5.44. The van der Waals surface area contributed by atoms with Crippen LogP contribution >= 0.6 is 23.4 Å². The number of carbonyl (C=O) groups is 2. The number of benzene rings is 3. The summed E-state index contributed by atoms with van der Waals surface area (Å²) in [6.07, 6.45) is 0.0741. The van der Waals surface area contributed by atoms with E-state index in [1.165, 1.54) is 22.7 Å². The summed E-state index contributed by atoms with van der Waals surface area (Å²) in [7, 11) is 0. The normalized spacial score (nSPS) is 17.1. The van der Waals surface area contributed by atoms with Gasteiger partial charge in [-0.05, 0) is 62.4 Å². The van der Waals surface area contributed by atoms with Crippen molar-refractivity contribution in [2.75, 3.05) is 11.9 Å². The van der Waals surface area contributed by atoms with E-state index >= 15 is 0 Å². The Balaban J connectivity index is 1.40. The van der Waals surface area contributed by atoms with Crippen molar-refractivity contribution in [2.45, 2.75) is 32.1 Å². The highest BCUT2D eigenvalue weighted by Gasteiger charge is 2.38. The fourth-order valence-electron chi connectivity index (χ4n) is 4.49. The van der Waals surface area contributed by atoms with Crippen molar-refractivity contribution < 1.29 is 9.59 Å². The summed E-state index contributed by atoms with van der Waals surface area (Å²) in [5.74, 6) is -0.310. The summed E-state index contributed by atoms with van der Waals surface area (Å²) < 4.78 is 2.29. The van der Waals surface area contributed by atoms with Gasteiger partial charge in [-0.25, -0.2) is 4.99 Å². The first-order chi connectivity index (χ1) is 17.0. The summed E-state index contributed by atoms with van der Waals surface area (Å²) in [5, 5.41) is 5.88. The van der Waals surface area contributed by atoms with Gasteiger partial charge >= 0.3 is 0 Å². The number of aryl methyl sites for hydroxylation is 1. The Morgan fingerprint density at radius 3 is 2.49 bits per heavy atom. The predicted molar refractivity (Wildman–Crippen MR) is 146 cm³/mol. The van der Waals surface area contributed by atoms with Crippen molar-refractivity contribution in [2.24, 2.45) is 4.99 Å². The molecule has 1 atom stereocenters. The number of para-hydroxylation sites is 1. The number of fused-ring (bicyclic) bond motifs is 3. The van der Waals surface area contributed by atoms with Crippen LogP contribution in [0.2, 0.25) is 5.02 Å². The van der Waals surface area contributed by atoms with Crippen molar-refractivity contribution >= 4 is 73.5 Å². The van der Waals surface area contributed by atoms with E-state index in [1.54, 1.807) is 29.2 Å². The zero-order valence-electron chi connectivity index (χ0n) is 19.5. The molecule has 6 nitrogen and oxygen atoms in total. The second-order valence-corrected chi connectivity index (χ2v) is 9.91. The second-order valence-electron chi connectivity index (χ2n) is 8.31. The van der Waals surface area contributed by atoms with Gasteiger partial charge < -0.3 is 9.88 Å². The lowest BCUT2D eigenvalue weighted by molar-refractivity contribution is -0.128. The number of rotatable bonds is 6. The maximum absolute atomic E-state index is 13.0. The highest BCUT2D eigenvalue weighted by Crippen LogP contribution is 2.35. The minimum atomic E-state index is -0.508. The Hall–Kier alpha value is -3.29. The van der Waals surface area contributed by atoms with Crippen LogP contribution < -0.4 is 5.32 Å². The third-order valence-electron chi connectivity index (χ3n) is 6.13. The molecule has 4 aromatic rings. The molecule has 1 aliphatic rings. The van der Waals surface area contributed by atoms with Crippen LogP contribution in [0, 0.1) is 0 Å². The van der Waals surface area contributed by atoms with E-state index in [1.807, 2.05) is 19.1 Å². The SMILES string of the molecule is CCN1C(=O)[C@H](CC(=O)Nc2ccc(Cl)cc2)SC1=Nc1ccc2c(c1)c1ccccc1n2CC. The lowest BCUT2D eigenvalue weighted by atomic mass is 10.1. The molecule has 35 heavy (non-hydrogen) atoms. The van der Waals surface area contributed by atoms with Gasteiger partial charge in [0, 0.05) is 52.0 Å². The van der Waals surface area contributed by atoms with Gasteiger partial charge in [0.1, 0.15) is 5.25 Å². The van der Waals surface area contributed by atoms with Crippen molar-refractivity contribution in [3.63, 3.8) is 0 Å². The van der Waals surface area contributed by atoms with Crippen LogP contribution in [0.15, 0.2) is 71.7 Å². The van der Waals surface area contributed by atoms with Gasteiger partial charge in [0.2, 0.25) is 11.8 Å². The Morgan fingerprint density at radius 2 is 1.74 bits per heavy atom. The van der Waals surface area contributed by atoms with Crippen molar-refractivity contribution in [1.82, 2.24) is 9.47 Å². The van der Waals surface area contributed by atoms with Crippen LogP contribution in [0.1, 0.15) is 20.3 Å². The van der Waals surface area contributed by atoms with Crippen LogP contribution in [0.3, 0.4) is 0 Å². The first-order valence-corrected chi connectivity index (χ1v) is 12.9. The predicted octanol–water partition coefficient (Wildman–Crippen LogP) is 6.45. The van der Waals surface area contributed by atoms with Crippen LogP contribution in [-0.2, 0) is 16.1 Å². The molecular weight excluding hydrogens is 480 g/mol. The highest BCUT2D eigenvalue weighted by molar-refractivity contribution is 8.15. The van der Waals surface area contributed by atoms with Crippen molar-refractivity contribution in [3.8, 4) is 0 Å². The molecule has 0 saturated carbocycles. The zero-order valence-corrected chi connectivity index (χ0v) is 21.1. The maximum atomic E-state index is 13.0. The topological polar surface area (TPSA) is 66.7 Å². The van der Waals surface area contributed by atoms with E-state index in [0.717, 1.165) is 23.1 Å². The molecule has 3 aromatic carbocycles. The minimum Gasteiger partial charge on any atom is -0.341 e. The number of hydrogen-bond acceptors (Lipinski definition) is 4. The molecule has 2 amide bonds. The molecule has 1 fully saturated rings. The van der Waals surface area contributed by atoms with E-state index in [2.05, 4.69) is 47.1 Å². The Kier molecular flexibility index (Phi) is 6.54. The van der Waals surface area contributed by atoms with E-state index in [9.17, 15) is 9.59 Å². The number of aromatic nitrogens is 1. The smallest absolute Gasteiger partial charge is 0.242 e. The number of amides is 2. The Bertz CT molecular complexity index is 1460. The molecule has 1 saturated heterocycles. The molecule has 1 aliphatic heterocycles. The quantitative estimate of drug-likeness (QED) is 0.328. The monoisotopic (exact) mass is 504 g/mol. The van der Waals surface area contributed by atoms with Gasteiger partial charge in [-0.1, -0.05) is 41.6 Å². The molecule has 1 aromatic heterocycles. The first-order valence-electron chi connectivity index (χ1n) is 11.6. The van der Waals surface area contributed by atoms with Gasteiger partial charge in [0.15, 0.2) is 5.17 Å². The number of carbonyl (C=O) groups excluding carboxylic acids is 2.